The van der Waals surface area contributed by atoms with Crippen molar-refractivity contribution in [2.75, 3.05) is 10.2 Å². The van der Waals surface area contributed by atoms with E-state index >= 15 is 0 Å². The topological polar surface area (TPSA) is 49.4 Å². The minimum atomic E-state index is -0.509. The fourth-order valence-electron chi connectivity index (χ4n) is 3.06. The summed E-state index contributed by atoms with van der Waals surface area (Å²) in [5, 5.41) is 3.23. The first-order valence-electron chi connectivity index (χ1n) is 8.29. The highest BCUT2D eigenvalue weighted by Gasteiger charge is 2.39. The van der Waals surface area contributed by atoms with Gasteiger partial charge >= 0.3 is 0 Å². The van der Waals surface area contributed by atoms with Gasteiger partial charge in [-0.1, -0.05) is 36.8 Å². The molecule has 24 heavy (non-hydrogen) atoms. The molecular weight excluding hydrogens is 300 g/mol. The van der Waals surface area contributed by atoms with Crippen molar-refractivity contribution in [3.8, 4) is 0 Å². The minimum absolute atomic E-state index is 0.161. The largest absolute Gasteiger partial charge is 0.373 e. The third-order valence-corrected chi connectivity index (χ3v) is 4.46. The van der Waals surface area contributed by atoms with Crippen molar-refractivity contribution in [2.24, 2.45) is 0 Å². The fraction of sp³-hybridized carbons (Fsp3) is 0.300. The zero-order valence-electron chi connectivity index (χ0n) is 14.3. The lowest BCUT2D eigenvalue weighted by Gasteiger charge is -2.17. The van der Waals surface area contributed by atoms with Gasteiger partial charge < -0.3 is 5.32 Å². The van der Waals surface area contributed by atoms with E-state index in [0.717, 1.165) is 17.7 Å². The second-order valence-corrected chi connectivity index (χ2v) is 6.31. The highest BCUT2D eigenvalue weighted by atomic mass is 16.2. The predicted octanol–water partition coefficient (Wildman–Crippen LogP) is 3.61. The zero-order chi connectivity index (χ0) is 17.3. The third-order valence-electron chi connectivity index (χ3n) is 4.46. The molecule has 1 aliphatic heterocycles. The molecule has 2 aromatic rings. The molecule has 124 valence electrons. The smallest absolute Gasteiger partial charge is 0.256 e. The minimum Gasteiger partial charge on any atom is -0.373 e. The summed E-state index contributed by atoms with van der Waals surface area (Å²) in [5.74, 6) is -0.351. The van der Waals surface area contributed by atoms with Gasteiger partial charge in [0.1, 0.15) is 6.04 Å². The number of amides is 2. The molecule has 1 fully saturated rings. The second kappa shape index (κ2) is 6.48. The molecule has 1 N–H and O–H groups in total. The van der Waals surface area contributed by atoms with Gasteiger partial charge in [0.05, 0.1) is 12.1 Å². The van der Waals surface area contributed by atoms with E-state index in [1.165, 1.54) is 16.0 Å². The average Bonchev–Trinajstić information content (AvgIpc) is 2.84. The molecular formula is C20H22N2O2. The van der Waals surface area contributed by atoms with E-state index in [0.29, 0.717) is 5.69 Å². The molecule has 0 unspecified atom stereocenters. The molecule has 0 aliphatic carbocycles. The molecule has 0 aromatic heterocycles. The standard InChI is InChI=1S/C20H22N2O2/c1-4-15-6-8-16(9-7-15)22-19(23)12-18(20(22)24)21-17-10-5-13(2)11-14(17)3/h5-11,18,21H,4,12H2,1-3H3/t18-/m0/s1. The molecule has 0 radical (unpaired) electrons. The molecule has 4 heteroatoms. The number of aryl methyl sites for hydroxylation is 3. The maximum Gasteiger partial charge on any atom is 0.256 e. The van der Waals surface area contributed by atoms with Gasteiger partial charge in [-0.3, -0.25) is 9.59 Å². The van der Waals surface area contributed by atoms with E-state index in [-0.39, 0.29) is 18.2 Å². The molecule has 2 amide bonds. The van der Waals surface area contributed by atoms with Crippen LogP contribution in [0.1, 0.15) is 30.0 Å². The Bertz CT molecular complexity index is 781. The maximum atomic E-state index is 12.7. The SMILES string of the molecule is CCc1ccc(N2C(=O)C[C@H](Nc3ccc(C)cc3C)C2=O)cc1. The molecule has 1 heterocycles. The Morgan fingerprint density at radius 1 is 1.08 bits per heavy atom. The summed E-state index contributed by atoms with van der Waals surface area (Å²) in [6, 6.07) is 13.1. The fourth-order valence-corrected chi connectivity index (χ4v) is 3.06. The first-order chi connectivity index (χ1) is 11.5. The van der Waals surface area contributed by atoms with Gasteiger partial charge in [0.15, 0.2) is 0 Å². The second-order valence-electron chi connectivity index (χ2n) is 6.31. The number of hydrogen-bond donors (Lipinski definition) is 1. The van der Waals surface area contributed by atoms with Crippen molar-refractivity contribution in [3.05, 3.63) is 59.2 Å². The first kappa shape index (κ1) is 16.2. The summed E-state index contributed by atoms with van der Waals surface area (Å²) < 4.78 is 0. The molecule has 4 nitrogen and oxygen atoms in total. The summed E-state index contributed by atoms with van der Waals surface area (Å²) in [6.45, 7) is 6.10. The number of imide groups is 1. The van der Waals surface area contributed by atoms with Crippen LogP contribution in [0.15, 0.2) is 42.5 Å². The van der Waals surface area contributed by atoms with E-state index in [1.54, 1.807) is 0 Å². The van der Waals surface area contributed by atoms with Crippen LogP contribution in [0, 0.1) is 13.8 Å². The highest BCUT2D eigenvalue weighted by Crippen LogP contribution is 2.26. The number of benzene rings is 2. The van der Waals surface area contributed by atoms with Crippen LogP contribution in [0.3, 0.4) is 0 Å². The van der Waals surface area contributed by atoms with E-state index in [4.69, 9.17) is 0 Å². The van der Waals surface area contributed by atoms with Gasteiger partial charge in [0.25, 0.3) is 5.91 Å². The zero-order valence-corrected chi connectivity index (χ0v) is 14.3. The van der Waals surface area contributed by atoms with Gasteiger partial charge in [0, 0.05) is 5.69 Å². The quantitative estimate of drug-likeness (QED) is 0.875. The number of carbonyl (C=O) groups excluding carboxylic acids is 2. The van der Waals surface area contributed by atoms with Crippen LogP contribution < -0.4 is 10.2 Å². The van der Waals surface area contributed by atoms with Crippen molar-refractivity contribution >= 4 is 23.2 Å². The first-order valence-corrected chi connectivity index (χ1v) is 8.29. The molecule has 1 saturated heterocycles. The normalized spacial score (nSPS) is 17.5. The van der Waals surface area contributed by atoms with Crippen LogP contribution in [0.5, 0.6) is 0 Å². The molecule has 2 aromatic carbocycles. The Morgan fingerprint density at radius 2 is 1.79 bits per heavy atom. The van der Waals surface area contributed by atoms with E-state index in [2.05, 4.69) is 18.3 Å². The van der Waals surface area contributed by atoms with Crippen LogP contribution in [0.25, 0.3) is 0 Å². The van der Waals surface area contributed by atoms with Crippen LogP contribution in [0.4, 0.5) is 11.4 Å². The van der Waals surface area contributed by atoms with Crippen molar-refractivity contribution in [3.63, 3.8) is 0 Å². The highest BCUT2D eigenvalue weighted by molar-refractivity contribution is 6.23. The number of hydrogen-bond acceptors (Lipinski definition) is 3. The number of carbonyl (C=O) groups is 2. The Balaban J connectivity index is 1.80. The van der Waals surface area contributed by atoms with Crippen LogP contribution >= 0.6 is 0 Å². The Labute approximate surface area is 142 Å². The summed E-state index contributed by atoms with van der Waals surface area (Å²) in [7, 11) is 0. The lowest BCUT2D eigenvalue weighted by Crippen LogP contribution is -2.34. The Morgan fingerprint density at radius 3 is 2.42 bits per heavy atom. The van der Waals surface area contributed by atoms with Crippen LogP contribution in [-0.4, -0.2) is 17.9 Å². The van der Waals surface area contributed by atoms with E-state index in [1.807, 2.05) is 50.2 Å². The van der Waals surface area contributed by atoms with Crippen molar-refractivity contribution in [1.82, 2.24) is 0 Å². The predicted molar refractivity (Wildman–Crippen MR) is 96.3 cm³/mol. The Kier molecular flexibility index (Phi) is 4.38. The van der Waals surface area contributed by atoms with Crippen molar-refractivity contribution < 1.29 is 9.59 Å². The van der Waals surface area contributed by atoms with E-state index < -0.39 is 6.04 Å². The molecule has 1 atom stereocenters. The van der Waals surface area contributed by atoms with Gasteiger partial charge in [-0.15, -0.1) is 0 Å². The Hall–Kier alpha value is -2.62. The van der Waals surface area contributed by atoms with Gasteiger partial charge in [-0.05, 0) is 49.6 Å². The molecule has 1 aliphatic rings. The third kappa shape index (κ3) is 3.04. The summed E-state index contributed by atoms with van der Waals surface area (Å²) in [5.41, 5.74) is 4.97. The van der Waals surface area contributed by atoms with Gasteiger partial charge in [0.2, 0.25) is 5.91 Å². The number of anilines is 2. The molecule has 0 spiro atoms. The van der Waals surface area contributed by atoms with Crippen molar-refractivity contribution in [2.45, 2.75) is 39.7 Å². The molecule has 3 rings (SSSR count). The average molecular weight is 322 g/mol. The maximum absolute atomic E-state index is 12.7. The number of nitrogens with one attached hydrogen (secondary N) is 1. The summed E-state index contributed by atoms with van der Waals surface area (Å²) >= 11 is 0. The molecule has 0 saturated carbocycles. The summed E-state index contributed by atoms with van der Waals surface area (Å²) in [4.78, 5) is 26.3. The van der Waals surface area contributed by atoms with Gasteiger partial charge in [-0.25, -0.2) is 4.90 Å². The number of nitrogens with zero attached hydrogens (tertiary/aromatic N) is 1. The van der Waals surface area contributed by atoms with Gasteiger partial charge in [-0.2, -0.15) is 0 Å². The molecule has 0 bridgehead atoms. The lowest BCUT2D eigenvalue weighted by molar-refractivity contribution is -0.121. The van der Waals surface area contributed by atoms with E-state index in [9.17, 15) is 9.59 Å². The van der Waals surface area contributed by atoms with Crippen molar-refractivity contribution in [1.29, 1.82) is 0 Å². The van der Waals surface area contributed by atoms with Crippen LogP contribution in [0.2, 0.25) is 0 Å². The summed E-state index contributed by atoms with van der Waals surface area (Å²) in [6.07, 6.45) is 1.11. The lowest BCUT2D eigenvalue weighted by atomic mass is 10.1. The number of rotatable bonds is 4. The monoisotopic (exact) mass is 322 g/mol. The van der Waals surface area contributed by atoms with Crippen LogP contribution in [-0.2, 0) is 16.0 Å².